The van der Waals surface area contributed by atoms with E-state index in [0.717, 1.165) is 93.6 Å². The van der Waals surface area contributed by atoms with Crippen LogP contribution in [0.1, 0.15) is 76.3 Å². The highest BCUT2D eigenvalue weighted by Crippen LogP contribution is 2.37. The lowest BCUT2D eigenvalue weighted by molar-refractivity contribution is 0.108. The number of hydrogen-bond donors (Lipinski definition) is 3. The molecule has 2 aromatic rings. The average Bonchev–Trinajstić information content (AvgIpc) is 3.62. The minimum atomic E-state index is -0.808. The lowest BCUT2D eigenvalue weighted by atomic mass is 9.90. The van der Waals surface area contributed by atoms with E-state index in [9.17, 15) is 9.90 Å². The number of rotatable bonds is 13. The van der Waals surface area contributed by atoms with Gasteiger partial charge in [0.2, 0.25) is 5.95 Å². The minimum Gasteiger partial charge on any atom is -0.465 e. The number of anilines is 1. The molecule has 0 aliphatic heterocycles. The predicted octanol–water partition coefficient (Wildman–Crippen LogP) is 5.10. The van der Waals surface area contributed by atoms with Crippen LogP contribution in [0.5, 0.6) is 0 Å². The molecule has 2 aliphatic carbocycles. The summed E-state index contributed by atoms with van der Waals surface area (Å²) in [6.45, 7) is 1.34. The SMILES string of the molecule is Cn1ncc(-c2nc(N[C@H]3CC[C@H](N(CCCCCCCN)C(=O)O)CC3)ncc2Cl)c1CC1CC1. The van der Waals surface area contributed by atoms with Crippen LogP contribution in [0.15, 0.2) is 12.4 Å². The normalized spacial score (nSPS) is 19.9. The number of carboxylic acid groups (broad SMARTS) is 1. The van der Waals surface area contributed by atoms with Gasteiger partial charge in [-0.2, -0.15) is 5.10 Å². The lowest BCUT2D eigenvalue weighted by Crippen LogP contribution is -2.44. The minimum absolute atomic E-state index is 0.0756. The molecule has 2 aliphatic rings. The Morgan fingerprint density at radius 2 is 1.86 bits per heavy atom. The number of nitrogens with one attached hydrogen (secondary N) is 1. The van der Waals surface area contributed by atoms with Crippen LogP contribution in [0.25, 0.3) is 11.3 Å². The van der Waals surface area contributed by atoms with E-state index in [1.165, 1.54) is 12.8 Å². The molecule has 0 spiro atoms. The van der Waals surface area contributed by atoms with Crippen molar-refractivity contribution >= 4 is 23.6 Å². The number of nitrogens with zero attached hydrogens (tertiary/aromatic N) is 5. The fourth-order valence-corrected chi connectivity index (χ4v) is 5.42. The van der Waals surface area contributed by atoms with Crippen molar-refractivity contribution < 1.29 is 9.90 Å². The maximum atomic E-state index is 11.9. The van der Waals surface area contributed by atoms with Gasteiger partial charge >= 0.3 is 6.09 Å². The van der Waals surface area contributed by atoms with Gasteiger partial charge < -0.3 is 21.1 Å². The molecule has 0 radical (unpaired) electrons. The average molecular weight is 518 g/mol. The van der Waals surface area contributed by atoms with E-state index in [4.69, 9.17) is 22.3 Å². The van der Waals surface area contributed by atoms with E-state index in [1.807, 2.05) is 17.9 Å². The Kier molecular flexibility index (Phi) is 9.42. The number of aromatic nitrogens is 4. The van der Waals surface area contributed by atoms with E-state index in [2.05, 4.69) is 15.4 Å². The first-order valence-electron chi connectivity index (χ1n) is 13.5. The zero-order valence-corrected chi connectivity index (χ0v) is 22.1. The number of unbranched alkanes of at least 4 members (excludes halogenated alkanes) is 4. The molecule has 0 atom stereocenters. The highest BCUT2D eigenvalue weighted by molar-refractivity contribution is 6.32. The fraction of sp³-hybridized carbons (Fsp3) is 0.692. The molecular formula is C26H40ClN7O2. The fourth-order valence-electron chi connectivity index (χ4n) is 5.23. The molecule has 2 saturated carbocycles. The molecule has 10 heteroatoms. The molecule has 0 aromatic carbocycles. The zero-order valence-electron chi connectivity index (χ0n) is 21.3. The maximum Gasteiger partial charge on any atom is 0.407 e. The Morgan fingerprint density at radius 3 is 2.56 bits per heavy atom. The van der Waals surface area contributed by atoms with Gasteiger partial charge in [0.1, 0.15) is 0 Å². The second-order valence-electron chi connectivity index (χ2n) is 10.3. The summed E-state index contributed by atoms with van der Waals surface area (Å²) in [4.78, 5) is 22.7. The largest absolute Gasteiger partial charge is 0.465 e. The lowest BCUT2D eigenvalue weighted by Gasteiger charge is -2.35. The number of amides is 1. The summed E-state index contributed by atoms with van der Waals surface area (Å²) in [7, 11) is 1.97. The van der Waals surface area contributed by atoms with Crippen molar-refractivity contribution in [3.8, 4) is 11.3 Å². The molecule has 2 fully saturated rings. The van der Waals surface area contributed by atoms with Crippen LogP contribution in [-0.2, 0) is 13.5 Å². The first-order chi connectivity index (χ1) is 17.5. The van der Waals surface area contributed by atoms with Crippen molar-refractivity contribution in [1.29, 1.82) is 0 Å². The van der Waals surface area contributed by atoms with E-state index in [-0.39, 0.29) is 12.1 Å². The zero-order chi connectivity index (χ0) is 25.5. The Hall–Kier alpha value is -2.39. The van der Waals surface area contributed by atoms with Gasteiger partial charge in [-0.15, -0.1) is 0 Å². The predicted molar refractivity (Wildman–Crippen MR) is 142 cm³/mol. The first kappa shape index (κ1) is 26.7. The topological polar surface area (TPSA) is 122 Å². The van der Waals surface area contributed by atoms with Crippen LogP contribution < -0.4 is 11.1 Å². The van der Waals surface area contributed by atoms with Crippen molar-refractivity contribution in [2.45, 2.75) is 89.1 Å². The van der Waals surface area contributed by atoms with Gasteiger partial charge in [0, 0.05) is 36.9 Å². The van der Waals surface area contributed by atoms with E-state index >= 15 is 0 Å². The molecule has 36 heavy (non-hydrogen) atoms. The smallest absolute Gasteiger partial charge is 0.407 e. The van der Waals surface area contributed by atoms with E-state index in [0.29, 0.717) is 17.5 Å². The summed E-state index contributed by atoms with van der Waals surface area (Å²) < 4.78 is 1.93. The van der Waals surface area contributed by atoms with Crippen LogP contribution in [0.3, 0.4) is 0 Å². The molecule has 0 unspecified atom stereocenters. The third kappa shape index (κ3) is 7.09. The Morgan fingerprint density at radius 1 is 1.14 bits per heavy atom. The van der Waals surface area contributed by atoms with Gasteiger partial charge in [0.25, 0.3) is 0 Å². The van der Waals surface area contributed by atoms with Gasteiger partial charge in [-0.1, -0.05) is 30.9 Å². The van der Waals surface area contributed by atoms with Gasteiger partial charge in [-0.3, -0.25) is 4.68 Å². The highest BCUT2D eigenvalue weighted by Gasteiger charge is 2.29. The van der Waals surface area contributed by atoms with E-state index in [1.54, 1.807) is 11.1 Å². The number of hydrogen-bond acceptors (Lipinski definition) is 6. The van der Waals surface area contributed by atoms with Crippen LogP contribution in [0.2, 0.25) is 5.02 Å². The summed E-state index contributed by atoms with van der Waals surface area (Å²) in [5, 5.41) is 18.2. The Balaban J connectivity index is 1.32. The third-order valence-corrected chi connectivity index (χ3v) is 7.84. The molecule has 2 heterocycles. The quantitative estimate of drug-likeness (QED) is 0.316. The third-order valence-electron chi connectivity index (χ3n) is 7.56. The molecular weight excluding hydrogens is 478 g/mol. The molecule has 2 aromatic heterocycles. The van der Waals surface area contributed by atoms with Gasteiger partial charge in [-0.25, -0.2) is 14.8 Å². The molecule has 0 bridgehead atoms. The summed E-state index contributed by atoms with van der Waals surface area (Å²) >= 11 is 6.51. The Labute approximate surface area is 218 Å². The van der Waals surface area contributed by atoms with Crippen LogP contribution in [0.4, 0.5) is 10.7 Å². The number of aryl methyl sites for hydroxylation is 1. The number of nitrogens with two attached hydrogens (primary N) is 1. The number of carbonyl (C=O) groups is 1. The molecule has 0 saturated heterocycles. The van der Waals surface area contributed by atoms with Crippen LogP contribution in [0, 0.1) is 5.92 Å². The van der Waals surface area contributed by atoms with Crippen LogP contribution in [-0.4, -0.2) is 61.0 Å². The van der Waals surface area contributed by atoms with Gasteiger partial charge in [0.05, 0.1) is 23.1 Å². The highest BCUT2D eigenvalue weighted by atomic mass is 35.5. The Bertz CT molecular complexity index is 1000. The molecule has 4 N–H and O–H groups in total. The van der Waals surface area contributed by atoms with E-state index < -0.39 is 6.09 Å². The standard InChI is InChI=1S/C26H40ClN7O2/c1-33-23(15-18-7-8-18)21(16-30-33)24-22(27)17-29-25(32-24)31-19-9-11-20(12-10-19)34(26(35)36)14-6-4-2-3-5-13-28/h16-20H,2-15,28H2,1H3,(H,35,36)(H,29,31,32)/t19-,20-. The van der Waals surface area contributed by atoms with Crippen molar-refractivity contribution in [2.24, 2.45) is 18.7 Å². The summed E-state index contributed by atoms with van der Waals surface area (Å²) in [6.07, 6.45) is 14.9. The summed E-state index contributed by atoms with van der Waals surface area (Å²) in [5.74, 6) is 1.29. The second kappa shape index (κ2) is 12.7. The van der Waals surface area contributed by atoms with Crippen molar-refractivity contribution in [1.82, 2.24) is 24.6 Å². The van der Waals surface area contributed by atoms with Crippen molar-refractivity contribution in [2.75, 3.05) is 18.4 Å². The first-order valence-corrected chi connectivity index (χ1v) is 13.8. The van der Waals surface area contributed by atoms with Crippen molar-refractivity contribution in [3.05, 3.63) is 23.1 Å². The van der Waals surface area contributed by atoms with Gasteiger partial charge in [0.15, 0.2) is 0 Å². The molecule has 198 valence electrons. The second-order valence-corrected chi connectivity index (χ2v) is 10.8. The van der Waals surface area contributed by atoms with Crippen molar-refractivity contribution in [3.63, 3.8) is 0 Å². The van der Waals surface area contributed by atoms with Crippen LogP contribution >= 0.6 is 11.6 Å². The molecule has 1 amide bonds. The number of halogens is 1. The maximum absolute atomic E-state index is 11.9. The van der Waals surface area contributed by atoms with Gasteiger partial charge in [-0.05, 0) is 70.3 Å². The molecule has 4 rings (SSSR count). The molecule has 9 nitrogen and oxygen atoms in total. The summed E-state index contributed by atoms with van der Waals surface area (Å²) in [6, 6.07) is 0.286. The monoisotopic (exact) mass is 517 g/mol. The summed E-state index contributed by atoms with van der Waals surface area (Å²) in [5.41, 5.74) is 8.40.